The van der Waals surface area contributed by atoms with Crippen molar-refractivity contribution in [1.29, 1.82) is 0 Å². The van der Waals surface area contributed by atoms with E-state index in [1.807, 2.05) is 127 Å². The van der Waals surface area contributed by atoms with E-state index in [2.05, 4.69) is 33.6 Å². The average Bonchev–Trinajstić information content (AvgIpc) is 3.25. The van der Waals surface area contributed by atoms with E-state index in [0.717, 1.165) is 39.2 Å². The molecule has 0 spiro atoms. The molecule has 0 aromatic heterocycles. The van der Waals surface area contributed by atoms with Gasteiger partial charge in [-0.05, 0) is 36.4 Å². The minimum Gasteiger partial charge on any atom is -0.269 e. The molecule has 174 valence electrons. The van der Waals surface area contributed by atoms with Gasteiger partial charge >= 0.3 is 7.44 Å². The van der Waals surface area contributed by atoms with E-state index in [1.54, 1.807) is 0 Å². The summed E-state index contributed by atoms with van der Waals surface area (Å²) in [6.45, 7) is 0. The monoisotopic (exact) mass is 484 g/mol. The van der Waals surface area contributed by atoms with Gasteiger partial charge in [-0.3, -0.25) is 13.9 Å². The van der Waals surface area contributed by atoms with Gasteiger partial charge in [-0.25, -0.2) is 0 Å². The van der Waals surface area contributed by atoms with Crippen LogP contribution in [-0.2, 0) is 4.57 Å². The number of hydrogen-bond acceptors (Lipinski definition) is 1. The van der Waals surface area contributed by atoms with Gasteiger partial charge < -0.3 is 0 Å². The van der Waals surface area contributed by atoms with Crippen LogP contribution in [0.15, 0.2) is 152 Å². The Hall–Kier alpha value is -4.33. The van der Waals surface area contributed by atoms with Gasteiger partial charge in [0.1, 0.15) is 0 Å². The zero-order chi connectivity index (χ0) is 24.4. The number of benzene rings is 5. The first kappa shape index (κ1) is 22.2. The van der Waals surface area contributed by atoms with E-state index in [9.17, 15) is 0 Å². The normalized spacial score (nSPS) is 14.8. The lowest BCUT2D eigenvalue weighted by Crippen LogP contribution is -2.28. The van der Waals surface area contributed by atoms with Crippen LogP contribution in [0.5, 0.6) is 0 Å². The van der Waals surface area contributed by atoms with Crippen molar-refractivity contribution in [3.8, 4) is 0 Å². The van der Waals surface area contributed by atoms with E-state index in [0.29, 0.717) is 0 Å². The van der Waals surface area contributed by atoms with Crippen molar-refractivity contribution in [1.82, 2.24) is 0 Å². The molecule has 0 unspecified atom stereocenters. The molecular weight excluding hydrogens is 459 g/mol. The molecule has 3 nitrogen and oxygen atoms in total. The summed E-state index contributed by atoms with van der Waals surface area (Å²) in [7, 11) is -3.44. The molecule has 6 rings (SSSR count). The minimum atomic E-state index is -3.44. The first-order valence-electron chi connectivity index (χ1n) is 12.0. The topological polar surface area (TPSA) is 23.6 Å². The largest absolute Gasteiger partial charge is 0.301 e. The molecule has 0 fully saturated rings. The fourth-order valence-corrected chi connectivity index (χ4v) is 7.89. The molecule has 36 heavy (non-hydrogen) atoms. The van der Waals surface area contributed by atoms with Gasteiger partial charge in [0.05, 0.1) is 16.7 Å². The van der Waals surface area contributed by atoms with Gasteiger partial charge in [0.2, 0.25) is 0 Å². The molecular formula is C32H25N2OP. The number of para-hydroxylation sites is 2. The number of hydrogen-bond donors (Lipinski definition) is 0. The summed E-state index contributed by atoms with van der Waals surface area (Å²) >= 11 is 0. The van der Waals surface area contributed by atoms with Crippen LogP contribution in [-0.4, -0.2) is 0 Å². The molecule has 0 amide bonds. The molecule has 5 aromatic rings. The third-order valence-electron chi connectivity index (χ3n) is 6.38. The Kier molecular flexibility index (Phi) is 5.77. The number of anilines is 2. The zero-order valence-corrected chi connectivity index (χ0v) is 20.6. The van der Waals surface area contributed by atoms with Crippen LogP contribution in [0, 0.1) is 0 Å². The van der Waals surface area contributed by atoms with Crippen molar-refractivity contribution in [2.45, 2.75) is 0 Å². The molecule has 1 aliphatic heterocycles. The lowest BCUT2D eigenvalue weighted by Gasteiger charge is -2.35. The molecule has 1 heterocycles. The molecule has 1 aliphatic rings. The third kappa shape index (κ3) is 3.66. The summed E-state index contributed by atoms with van der Waals surface area (Å²) in [5.74, 6) is 0. The quantitative estimate of drug-likeness (QED) is 0.236. The van der Waals surface area contributed by atoms with Gasteiger partial charge in [0.15, 0.2) is 0 Å². The highest BCUT2D eigenvalue weighted by Crippen LogP contribution is 2.68. The molecule has 0 radical (unpaired) electrons. The predicted molar refractivity (Wildman–Crippen MR) is 151 cm³/mol. The zero-order valence-electron chi connectivity index (χ0n) is 19.7. The highest BCUT2D eigenvalue weighted by molar-refractivity contribution is 7.76. The Morgan fingerprint density at radius 2 is 0.694 bits per heavy atom. The van der Waals surface area contributed by atoms with Gasteiger partial charge in [-0.2, -0.15) is 0 Å². The highest BCUT2D eigenvalue weighted by atomic mass is 31.2. The maximum Gasteiger partial charge on any atom is 0.301 e. The summed E-state index contributed by atoms with van der Waals surface area (Å²) in [5.41, 5.74) is 5.63. The summed E-state index contributed by atoms with van der Waals surface area (Å²) in [6, 6.07) is 50.5. The fraction of sp³-hybridized carbons (Fsp3) is 0. The second-order valence-electron chi connectivity index (χ2n) is 8.60. The Labute approximate surface area is 212 Å². The first-order valence-corrected chi connectivity index (χ1v) is 13.6. The maximum absolute atomic E-state index is 15.9. The summed E-state index contributed by atoms with van der Waals surface area (Å²) < 4.78 is 20.0. The minimum absolute atomic E-state index is 0.775. The second-order valence-corrected chi connectivity index (χ2v) is 11.0. The SMILES string of the molecule is O=P1(c2ccccc2)N(c2ccccc2)C(c2ccccc2)=C(c2ccccc2)N1c1ccccc1. The van der Waals surface area contributed by atoms with Crippen molar-refractivity contribution in [2.75, 3.05) is 9.34 Å². The molecule has 0 atom stereocenters. The van der Waals surface area contributed by atoms with Crippen LogP contribution in [0.25, 0.3) is 11.4 Å². The van der Waals surface area contributed by atoms with Crippen molar-refractivity contribution >= 4 is 35.5 Å². The standard InChI is InChI=1S/C32H25N2OP/c35-36(30-24-14-5-15-25-30)33(28-20-10-3-11-21-28)31(26-16-6-1-7-17-26)32(27-18-8-2-9-19-27)34(36)29-22-12-4-13-23-29/h1-25H. The highest BCUT2D eigenvalue weighted by Gasteiger charge is 2.51. The summed E-state index contributed by atoms with van der Waals surface area (Å²) in [6.07, 6.45) is 0. The van der Waals surface area contributed by atoms with Crippen LogP contribution in [0.3, 0.4) is 0 Å². The lowest BCUT2D eigenvalue weighted by atomic mass is 10.0. The van der Waals surface area contributed by atoms with E-state index in [-0.39, 0.29) is 0 Å². The number of nitrogens with zero attached hydrogens (tertiary/aromatic N) is 2. The van der Waals surface area contributed by atoms with Crippen LogP contribution in [0.1, 0.15) is 11.1 Å². The molecule has 0 aliphatic carbocycles. The van der Waals surface area contributed by atoms with Gasteiger partial charge in [-0.15, -0.1) is 0 Å². The second kappa shape index (κ2) is 9.37. The lowest BCUT2D eigenvalue weighted by molar-refractivity contribution is 0.582. The molecule has 0 bridgehead atoms. The van der Waals surface area contributed by atoms with Crippen LogP contribution >= 0.6 is 7.44 Å². The first-order chi connectivity index (χ1) is 17.8. The van der Waals surface area contributed by atoms with Crippen LogP contribution in [0.4, 0.5) is 11.4 Å². The van der Waals surface area contributed by atoms with Crippen molar-refractivity contribution < 1.29 is 4.57 Å². The van der Waals surface area contributed by atoms with Crippen LogP contribution < -0.4 is 14.6 Å². The Bertz CT molecular complexity index is 1440. The molecule has 5 aromatic carbocycles. The van der Waals surface area contributed by atoms with Crippen LogP contribution in [0.2, 0.25) is 0 Å². The van der Waals surface area contributed by atoms with Gasteiger partial charge in [0, 0.05) is 22.5 Å². The molecule has 0 N–H and O–H groups in total. The summed E-state index contributed by atoms with van der Waals surface area (Å²) in [5, 5.41) is 0.775. The smallest absolute Gasteiger partial charge is 0.269 e. The Balaban J connectivity index is 1.77. The number of rotatable bonds is 5. The Morgan fingerprint density at radius 3 is 1.06 bits per heavy atom. The van der Waals surface area contributed by atoms with Gasteiger partial charge in [0.25, 0.3) is 0 Å². The van der Waals surface area contributed by atoms with Gasteiger partial charge in [-0.1, -0.05) is 115 Å². The average molecular weight is 485 g/mol. The molecule has 0 saturated heterocycles. The third-order valence-corrected chi connectivity index (χ3v) is 9.30. The van der Waals surface area contributed by atoms with E-state index in [4.69, 9.17) is 0 Å². The van der Waals surface area contributed by atoms with Crippen molar-refractivity contribution in [2.24, 2.45) is 0 Å². The predicted octanol–water partition coefficient (Wildman–Crippen LogP) is 8.06. The molecule has 0 saturated carbocycles. The van der Waals surface area contributed by atoms with Crippen molar-refractivity contribution in [3.63, 3.8) is 0 Å². The summed E-state index contributed by atoms with van der Waals surface area (Å²) in [4.78, 5) is 0. The molecule has 4 heteroatoms. The van der Waals surface area contributed by atoms with E-state index in [1.165, 1.54) is 0 Å². The van der Waals surface area contributed by atoms with E-state index < -0.39 is 7.44 Å². The van der Waals surface area contributed by atoms with Crippen molar-refractivity contribution in [3.05, 3.63) is 163 Å². The fourth-order valence-electron chi connectivity index (χ4n) is 4.83. The Morgan fingerprint density at radius 1 is 0.389 bits per heavy atom. The van der Waals surface area contributed by atoms with E-state index >= 15 is 4.57 Å². The maximum atomic E-state index is 15.9.